The van der Waals surface area contributed by atoms with E-state index in [4.69, 9.17) is 32.4 Å². The Kier molecular flexibility index (Phi) is 4.62. The predicted octanol–water partition coefficient (Wildman–Crippen LogP) is 5.32. The van der Waals surface area contributed by atoms with Crippen LogP contribution in [0.5, 0.6) is 5.75 Å². The molecule has 0 atom stereocenters. The summed E-state index contributed by atoms with van der Waals surface area (Å²) in [5.41, 5.74) is 0.554. The fourth-order valence-corrected chi connectivity index (χ4v) is 3.09. The van der Waals surface area contributed by atoms with E-state index in [1.54, 1.807) is 30.3 Å². The normalized spacial score (nSPS) is 11.0. The molecule has 23 heavy (non-hydrogen) atoms. The molecule has 0 fully saturated rings. The van der Waals surface area contributed by atoms with Crippen molar-refractivity contribution in [3.8, 4) is 17.2 Å². The Morgan fingerprint density at radius 3 is 2.57 bits per heavy atom. The number of rotatable bonds is 3. The van der Waals surface area contributed by atoms with E-state index in [0.717, 1.165) is 4.47 Å². The van der Waals surface area contributed by atoms with Gasteiger partial charge in [-0.1, -0.05) is 39.1 Å². The molecule has 0 radical (unpaired) electrons. The number of aromatic nitrogens is 1. The van der Waals surface area contributed by atoms with E-state index in [-0.39, 0.29) is 5.89 Å². The van der Waals surface area contributed by atoms with Crippen LogP contribution in [-0.4, -0.2) is 11.6 Å². The summed E-state index contributed by atoms with van der Waals surface area (Å²) >= 11 is 15.7. The molecular weight excluding hydrogens is 405 g/mol. The minimum atomic E-state index is -0.479. The molecule has 3 rings (SSSR count). The number of benzene rings is 2. The first-order chi connectivity index (χ1) is 11.0. The van der Waals surface area contributed by atoms with Gasteiger partial charge in [-0.15, -0.1) is 0 Å². The molecule has 7 heteroatoms. The summed E-state index contributed by atoms with van der Waals surface area (Å²) in [5, 5.41) is 1.05. The molecular formula is C16H10BrCl2NO3. The van der Waals surface area contributed by atoms with Gasteiger partial charge in [0.05, 0.1) is 27.6 Å². The molecule has 0 saturated carbocycles. The molecule has 0 spiro atoms. The van der Waals surface area contributed by atoms with E-state index < -0.39 is 5.63 Å². The Bertz CT molecular complexity index is 933. The molecule has 0 bridgehead atoms. The topological polar surface area (TPSA) is 52.3 Å². The zero-order valence-corrected chi connectivity index (χ0v) is 15.0. The number of fused-ring (bicyclic) bond motifs is 1. The highest BCUT2D eigenvalue weighted by molar-refractivity contribution is 9.10. The SMILES string of the molecule is CCOc1c(Cl)cc(-c2nc3ccc(Br)cc3c(=O)o2)cc1Cl. The lowest BCUT2D eigenvalue weighted by Crippen LogP contribution is -2.03. The van der Waals surface area contributed by atoms with Crippen molar-refractivity contribution in [3.05, 3.63) is 55.3 Å². The highest BCUT2D eigenvalue weighted by Crippen LogP contribution is 2.37. The fourth-order valence-electron chi connectivity index (χ4n) is 2.13. The first-order valence-corrected chi connectivity index (χ1v) is 8.27. The molecule has 1 aromatic heterocycles. The van der Waals surface area contributed by atoms with Gasteiger partial charge in [0, 0.05) is 10.0 Å². The van der Waals surface area contributed by atoms with Crippen molar-refractivity contribution in [1.82, 2.24) is 4.98 Å². The average molecular weight is 415 g/mol. The minimum absolute atomic E-state index is 0.150. The smallest absolute Gasteiger partial charge is 0.347 e. The average Bonchev–Trinajstić information content (AvgIpc) is 2.51. The molecule has 0 unspecified atom stereocenters. The Morgan fingerprint density at radius 1 is 1.22 bits per heavy atom. The van der Waals surface area contributed by atoms with Gasteiger partial charge in [0.1, 0.15) is 0 Å². The summed E-state index contributed by atoms with van der Waals surface area (Å²) in [6.07, 6.45) is 0. The van der Waals surface area contributed by atoms with Crippen molar-refractivity contribution in [2.75, 3.05) is 6.61 Å². The van der Waals surface area contributed by atoms with Crippen molar-refractivity contribution in [3.63, 3.8) is 0 Å². The molecule has 118 valence electrons. The van der Waals surface area contributed by atoms with Crippen LogP contribution in [0.4, 0.5) is 0 Å². The third-order valence-corrected chi connectivity index (χ3v) is 4.18. The number of ether oxygens (including phenoxy) is 1. The maximum Gasteiger partial charge on any atom is 0.347 e. The molecule has 4 nitrogen and oxygen atoms in total. The van der Waals surface area contributed by atoms with Crippen molar-refractivity contribution in [2.24, 2.45) is 0 Å². The maximum atomic E-state index is 12.1. The van der Waals surface area contributed by atoms with Crippen molar-refractivity contribution in [1.29, 1.82) is 0 Å². The molecule has 0 saturated heterocycles. The van der Waals surface area contributed by atoms with E-state index in [1.165, 1.54) is 0 Å². The second-order valence-electron chi connectivity index (χ2n) is 4.67. The Hall–Kier alpha value is -1.56. The zero-order chi connectivity index (χ0) is 16.6. The van der Waals surface area contributed by atoms with Gasteiger partial charge in [-0.05, 0) is 37.3 Å². The second-order valence-corrected chi connectivity index (χ2v) is 6.40. The van der Waals surface area contributed by atoms with Crippen LogP contribution in [0, 0.1) is 0 Å². The van der Waals surface area contributed by atoms with E-state index in [2.05, 4.69) is 20.9 Å². The Morgan fingerprint density at radius 2 is 1.91 bits per heavy atom. The summed E-state index contributed by atoms with van der Waals surface area (Å²) in [6.45, 7) is 2.28. The lowest BCUT2D eigenvalue weighted by molar-refractivity contribution is 0.340. The highest BCUT2D eigenvalue weighted by atomic mass is 79.9. The third kappa shape index (κ3) is 3.22. The van der Waals surface area contributed by atoms with Crippen LogP contribution in [0.2, 0.25) is 10.0 Å². The van der Waals surface area contributed by atoms with Crippen LogP contribution in [0.1, 0.15) is 6.92 Å². The number of halogens is 3. The van der Waals surface area contributed by atoms with Crippen LogP contribution >= 0.6 is 39.1 Å². The van der Waals surface area contributed by atoms with E-state index in [0.29, 0.717) is 38.9 Å². The lowest BCUT2D eigenvalue weighted by atomic mass is 10.2. The van der Waals surface area contributed by atoms with E-state index in [1.807, 2.05) is 6.92 Å². The molecule has 1 heterocycles. The first kappa shape index (κ1) is 16.3. The van der Waals surface area contributed by atoms with Gasteiger partial charge in [0.25, 0.3) is 0 Å². The molecule has 0 aliphatic rings. The summed E-state index contributed by atoms with van der Waals surface area (Å²) in [4.78, 5) is 16.5. The van der Waals surface area contributed by atoms with Crippen LogP contribution in [0.3, 0.4) is 0 Å². The van der Waals surface area contributed by atoms with Crippen LogP contribution in [-0.2, 0) is 0 Å². The van der Waals surface area contributed by atoms with Gasteiger partial charge < -0.3 is 9.15 Å². The van der Waals surface area contributed by atoms with Crippen molar-refractivity contribution < 1.29 is 9.15 Å². The fraction of sp³-hybridized carbons (Fsp3) is 0.125. The molecule has 0 N–H and O–H groups in total. The van der Waals surface area contributed by atoms with Crippen LogP contribution < -0.4 is 10.4 Å². The largest absolute Gasteiger partial charge is 0.491 e. The predicted molar refractivity (Wildman–Crippen MR) is 94.6 cm³/mol. The summed E-state index contributed by atoms with van der Waals surface area (Å²) in [7, 11) is 0. The van der Waals surface area contributed by atoms with Gasteiger partial charge in [-0.2, -0.15) is 0 Å². The Balaban J connectivity index is 2.17. The second kappa shape index (κ2) is 6.51. The van der Waals surface area contributed by atoms with Crippen LogP contribution in [0.25, 0.3) is 22.4 Å². The summed E-state index contributed by atoms with van der Waals surface area (Å²) in [5.74, 6) is 0.545. The van der Waals surface area contributed by atoms with E-state index in [9.17, 15) is 4.79 Å². The summed E-state index contributed by atoms with van der Waals surface area (Å²) in [6, 6.07) is 8.41. The van der Waals surface area contributed by atoms with Gasteiger partial charge >= 0.3 is 5.63 Å². The van der Waals surface area contributed by atoms with Gasteiger partial charge in [-0.3, -0.25) is 0 Å². The molecule has 0 amide bonds. The molecule has 2 aromatic carbocycles. The minimum Gasteiger partial charge on any atom is -0.491 e. The first-order valence-electron chi connectivity index (χ1n) is 6.72. The summed E-state index contributed by atoms with van der Waals surface area (Å²) < 4.78 is 11.5. The van der Waals surface area contributed by atoms with Gasteiger partial charge in [0.15, 0.2) is 5.75 Å². The number of hydrogen-bond donors (Lipinski definition) is 0. The zero-order valence-electron chi connectivity index (χ0n) is 11.9. The van der Waals surface area contributed by atoms with Gasteiger partial charge in [-0.25, -0.2) is 9.78 Å². The monoisotopic (exact) mass is 413 g/mol. The number of nitrogens with zero attached hydrogens (tertiary/aromatic N) is 1. The van der Waals surface area contributed by atoms with E-state index >= 15 is 0 Å². The Labute approximate surface area is 150 Å². The highest BCUT2D eigenvalue weighted by Gasteiger charge is 2.14. The lowest BCUT2D eigenvalue weighted by Gasteiger charge is -2.09. The number of hydrogen-bond acceptors (Lipinski definition) is 4. The quantitative estimate of drug-likeness (QED) is 0.581. The standard InChI is InChI=1S/C16H10BrCl2NO3/c1-2-22-14-11(18)5-8(6-12(14)19)15-20-13-4-3-9(17)7-10(13)16(21)23-15/h3-7H,2H2,1H3. The molecule has 0 aliphatic carbocycles. The molecule has 3 aromatic rings. The van der Waals surface area contributed by atoms with Crippen LogP contribution in [0.15, 0.2) is 44.0 Å². The third-order valence-electron chi connectivity index (χ3n) is 3.12. The van der Waals surface area contributed by atoms with Crippen molar-refractivity contribution in [2.45, 2.75) is 6.92 Å². The molecule has 0 aliphatic heterocycles. The maximum absolute atomic E-state index is 12.1. The van der Waals surface area contributed by atoms with Gasteiger partial charge in [0.2, 0.25) is 5.89 Å². The van der Waals surface area contributed by atoms with Crippen molar-refractivity contribution >= 4 is 50.0 Å².